The molecule has 0 heterocycles. The molecule has 0 spiro atoms. The molecule has 0 radical (unpaired) electrons. The summed E-state index contributed by atoms with van der Waals surface area (Å²) in [7, 11) is 1.60. The number of ether oxygens (including phenoxy) is 2. The van der Waals surface area contributed by atoms with Crippen LogP contribution in [0.25, 0.3) is 0 Å². The van der Waals surface area contributed by atoms with Gasteiger partial charge in [-0.05, 0) is 57.0 Å². The van der Waals surface area contributed by atoms with Crippen molar-refractivity contribution >= 4 is 11.8 Å². The molecule has 2 atom stereocenters. The Morgan fingerprint density at radius 1 is 1.07 bits per heavy atom. The topological polar surface area (TPSA) is 67.9 Å². The Kier molecular flexibility index (Phi) is 8.71. The molecule has 0 aliphatic heterocycles. The number of nitrogens with one attached hydrogen (secondary N) is 1. The lowest BCUT2D eigenvalue weighted by Gasteiger charge is -2.29. The summed E-state index contributed by atoms with van der Waals surface area (Å²) >= 11 is 0. The van der Waals surface area contributed by atoms with Gasteiger partial charge in [-0.1, -0.05) is 36.8 Å². The maximum atomic E-state index is 13.0. The smallest absolute Gasteiger partial charge is 0.261 e. The summed E-state index contributed by atoms with van der Waals surface area (Å²) in [6.07, 6.45) is 0.818. The predicted octanol–water partition coefficient (Wildman–Crippen LogP) is 3.71. The van der Waals surface area contributed by atoms with Crippen molar-refractivity contribution in [2.75, 3.05) is 13.7 Å². The molecule has 0 fully saturated rings. The highest BCUT2D eigenvalue weighted by molar-refractivity contribution is 5.88. The normalized spacial score (nSPS) is 12.6. The van der Waals surface area contributed by atoms with Gasteiger partial charge in [0, 0.05) is 12.6 Å². The van der Waals surface area contributed by atoms with Crippen LogP contribution in [0.1, 0.15) is 38.3 Å². The van der Waals surface area contributed by atoms with E-state index in [-0.39, 0.29) is 31.0 Å². The summed E-state index contributed by atoms with van der Waals surface area (Å²) in [5.41, 5.74) is 1.99. The first-order valence-corrected chi connectivity index (χ1v) is 10.3. The van der Waals surface area contributed by atoms with Gasteiger partial charge in [0.2, 0.25) is 5.91 Å². The van der Waals surface area contributed by atoms with Crippen molar-refractivity contribution in [3.63, 3.8) is 0 Å². The van der Waals surface area contributed by atoms with Gasteiger partial charge >= 0.3 is 0 Å². The largest absolute Gasteiger partial charge is 0.497 e. The lowest BCUT2D eigenvalue weighted by atomic mass is 10.1. The second-order valence-corrected chi connectivity index (χ2v) is 7.47. The van der Waals surface area contributed by atoms with E-state index in [0.717, 1.165) is 17.5 Å². The molecule has 30 heavy (non-hydrogen) atoms. The number of aryl methyl sites for hydroxylation is 1. The Balaban J connectivity index is 2.16. The first-order valence-electron chi connectivity index (χ1n) is 10.3. The predicted molar refractivity (Wildman–Crippen MR) is 118 cm³/mol. The molecule has 2 unspecified atom stereocenters. The molecule has 0 bridgehead atoms. The van der Waals surface area contributed by atoms with Gasteiger partial charge in [0.05, 0.1) is 7.11 Å². The molecule has 6 nitrogen and oxygen atoms in total. The van der Waals surface area contributed by atoms with E-state index in [0.29, 0.717) is 11.5 Å². The second kappa shape index (κ2) is 11.2. The Morgan fingerprint density at radius 3 is 2.40 bits per heavy atom. The van der Waals surface area contributed by atoms with Crippen LogP contribution in [0.15, 0.2) is 48.5 Å². The number of hydrogen-bond donors (Lipinski definition) is 1. The lowest BCUT2D eigenvalue weighted by molar-refractivity contribution is -0.142. The third-order valence-electron chi connectivity index (χ3n) is 5.04. The zero-order chi connectivity index (χ0) is 22.1. The molecule has 2 amide bonds. The molecule has 0 aromatic heterocycles. The number of nitrogens with zero attached hydrogens (tertiary/aromatic N) is 1. The summed E-state index contributed by atoms with van der Waals surface area (Å²) in [6, 6.07) is 14.4. The third kappa shape index (κ3) is 6.79. The summed E-state index contributed by atoms with van der Waals surface area (Å²) in [5, 5.41) is 2.95. The number of carbonyl (C=O) groups is 2. The fraction of sp³-hybridized carbons (Fsp3) is 0.417. The molecule has 2 aromatic carbocycles. The van der Waals surface area contributed by atoms with Gasteiger partial charge in [0.1, 0.15) is 17.5 Å². The average molecular weight is 413 g/mol. The zero-order valence-electron chi connectivity index (χ0n) is 18.5. The summed E-state index contributed by atoms with van der Waals surface area (Å²) < 4.78 is 11.0. The number of methoxy groups -OCH3 is 1. The fourth-order valence-electron chi connectivity index (χ4n) is 2.88. The van der Waals surface area contributed by atoms with E-state index < -0.39 is 6.04 Å². The van der Waals surface area contributed by atoms with Gasteiger partial charge in [-0.25, -0.2) is 0 Å². The first-order chi connectivity index (χ1) is 14.3. The van der Waals surface area contributed by atoms with Gasteiger partial charge in [0.15, 0.2) is 6.61 Å². The highest BCUT2D eigenvalue weighted by Crippen LogP contribution is 2.17. The van der Waals surface area contributed by atoms with Crippen LogP contribution in [0.3, 0.4) is 0 Å². The maximum Gasteiger partial charge on any atom is 0.261 e. The van der Waals surface area contributed by atoms with Gasteiger partial charge < -0.3 is 19.7 Å². The molecule has 0 saturated carbocycles. The summed E-state index contributed by atoms with van der Waals surface area (Å²) in [5.74, 6) is 0.876. The second-order valence-electron chi connectivity index (χ2n) is 7.47. The Hall–Kier alpha value is -3.02. The molecular formula is C24H32N2O4. The quantitative estimate of drug-likeness (QED) is 0.646. The van der Waals surface area contributed by atoms with Crippen LogP contribution in [0.5, 0.6) is 11.5 Å². The lowest BCUT2D eigenvalue weighted by Crippen LogP contribution is -2.50. The highest BCUT2D eigenvalue weighted by atomic mass is 16.5. The van der Waals surface area contributed by atoms with Gasteiger partial charge in [-0.2, -0.15) is 0 Å². The number of carbonyl (C=O) groups excluding carboxylic acids is 2. The Bertz CT molecular complexity index is 835. The number of rotatable bonds is 10. The first kappa shape index (κ1) is 23.3. The Labute approximate surface area is 179 Å². The van der Waals surface area contributed by atoms with Crippen LogP contribution in [0.4, 0.5) is 0 Å². The third-order valence-corrected chi connectivity index (χ3v) is 5.04. The van der Waals surface area contributed by atoms with Gasteiger partial charge in [0.25, 0.3) is 5.91 Å². The minimum Gasteiger partial charge on any atom is -0.497 e. The molecule has 6 heteroatoms. The standard InChI is InChI=1S/C24H32N2O4/c1-6-18(3)25-24(28)19(4)26(15-20-8-7-9-22(14-20)29-5)23(27)16-30-21-12-10-17(2)11-13-21/h7-14,18-19H,6,15-16H2,1-5H3,(H,25,28). The van der Waals surface area contributed by atoms with Crippen molar-refractivity contribution in [1.29, 1.82) is 0 Å². The van der Waals surface area contributed by atoms with Crippen LogP contribution in [0, 0.1) is 6.92 Å². The number of hydrogen-bond acceptors (Lipinski definition) is 4. The molecule has 0 aliphatic rings. The van der Waals surface area contributed by atoms with Crippen molar-refractivity contribution in [3.8, 4) is 11.5 Å². The molecule has 0 saturated heterocycles. The van der Waals surface area contributed by atoms with E-state index >= 15 is 0 Å². The van der Waals surface area contributed by atoms with E-state index in [1.165, 1.54) is 0 Å². The van der Waals surface area contributed by atoms with Crippen LogP contribution in [0.2, 0.25) is 0 Å². The highest BCUT2D eigenvalue weighted by Gasteiger charge is 2.27. The van der Waals surface area contributed by atoms with Crippen molar-refractivity contribution in [2.24, 2.45) is 0 Å². The van der Waals surface area contributed by atoms with Crippen molar-refractivity contribution < 1.29 is 19.1 Å². The molecule has 0 aliphatic carbocycles. The number of benzene rings is 2. The van der Waals surface area contributed by atoms with Gasteiger partial charge in [-0.3, -0.25) is 9.59 Å². The van der Waals surface area contributed by atoms with Crippen LogP contribution in [-0.4, -0.2) is 42.5 Å². The van der Waals surface area contributed by atoms with E-state index in [1.807, 2.05) is 69.3 Å². The number of amides is 2. The molecule has 1 N–H and O–H groups in total. The van der Waals surface area contributed by atoms with Crippen LogP contribution >= 0.6 is 0 Å². The monoisotopic (exact) mass is 412 g/mol. The molecular weight excluding hydrogens is 380 g/mol. The summed E-state index contributed by atoms with van der Waals surface area (Å²) in [6.45, 7) is 7.81. The van der Waals surface area contributed by atoms with Crippen molar-refractivity contribution in [3.05, 3.63) is 59.7 Å². The molecule has 2 aromatic rings. The minimum absolute atomic E-state index is 0.0394. The molecule has 162 valence electrons. The van der Waals surface area contributed by atoms with E-state index in [9.17, 15) is 9.59 Å². The Morgan fingerprint density at radius 2 is 1.77 bits per heavy atom. The maximum absolute atomic E-state index is 13.0. The average Bonchev–Trinajstić information content (AvgIpc) is 2.76. The van der Waals surface area contributed by atoms with E-state index in [4.69, 9.17) is 9.47 Å². The zero-order valence-corrected chi connectivity index (χ0v) is 18.5. The van der Waals surface area contributed by atoms with Crippen molar-refractivity contribution in [1.82, 2.24) is 10.2 Å². The SMILES string of the molecule is CCC(C)NC(=O)C(C)N(Cc1cccc(OC)c1)C(=O)COc1ccc(C)cc1. The van der Waals surface area contributed by atoms with Crippen molar-refractivity contribution in [2.45, 2.75) is 52.7 Å². The summed E-state index contributed by atoms with van der Waals surface area (Å²) in [4.78, 5) is 27.3. The van der Waals surface area contributed by atoms with Crippen LogP contribution in [-0.2, 0) is 16.1 Å². The minimum atomic E-state index is -0.640. The van der Waals surface area contributed by atoms with E-state index in [1.54, 1.807) is 18.9 Å². The van der Waals surface area contributed by atoms with Crippen LogP contribution < -0.4 is 14.8 Å². The molecule has 2 rings (SSSR count). The van der Waals surface area contributed by atoms with E-state index in [2.05, 4.69) is 5.32 Å². The van der Waals surface area contributed by atoms with Gasteiger partial charge in [-0.15, -0.1) is 0 Å². The fourth-order valence-corrected chi connectivity index (χ4v) is 2.88.